The number of amidine groups is 1. The van der Waals surface area contributed by atoms with Crippen LogP contribution in [0.2, 0.25) is 0 Å². The van der Waals surface area contributed by atoms with Gasteiger partial charge in [-0.15, -0.1) is 0 Å². The van der Waals surface area contributed by atoms with E-state index >= 15 is 0 Å². The Kier molecular flexibility index (Phi) is 5.81. The maximum Gasteiger partial charge on any atom is 0.282 e. The molecular weight excluding hydrogens is 440 g/mol. The Bertz CT molecular complexity index is 1120. The first-order chi connectivity index (χ1) is 14.5. The van der Waals surface area contributed by atoms with Crippen LogP contribution in [0.25, 0.3) is 6.08 Å². The number of carbonyl (C=O) groups excluding carboxylic acids is 1. The fourth-order valence-electron chi connectivity index (χ4n) is 3.23. The van der Waals surface area contributed by atoms with Crippen molar-refractivity contribution in [1.29, 1.82) is 0 Å². The van der Waals surface area contributed by atoms with Crippen molar-refractivity contribution >= 4 is 39.4 Å². The van der Waals surface area contributed by atoms with Gasteiger partial charge in [0, 0.05) is 10.0 Å². The van der Waals surface area contributed by atoms with Crippen LogP contribution in [0.15, 0.2) is 88.0 Å². The summed E-state index contributed by atoms with van der Waals surface area (Å²) in [4.78, 5) is 19.7. The van der Waals surface area contributed by atoms with Gasteiger partial charge in [0.15, 0.2) is 0 Å². The zero-order chi connectivity index (χ0) is 21.1. The highest BCUT2D eigenvalue weighted by Gasteiger charge is 2.32. The number of anilines is 1. The Labute approximate surface area is 184 Å². The van der Waals surface area contributed by atoms with Crippen LogP contribution in [-0.4, -0.2) is 18.3 Å². The molecule has 0 fully saturated rings. The highest BCUT2D eigenvalue weighted by Crippen LogP contribution is 2.29. The van der Waals surface area contributed by atoms with Crippen LogP contribution in [0, 0.1) is 6.92 Å². The molecule has 0 unspecified atom stereocenters. The smallest absolute Gasteiger partial charge is 0.282 e. The summed E-state index contributed by atoms with van der Waals surface area (Å²) in [5.41, 5.74) is 4.10. The maximum atomic E-state index is 13.3. The summed E-state index contributed by atoms with van der Waals surface area (Å²) in [6.07, 6.45) is 1.81. The lowest BCUT2D eigenvalue weighted by atomic mass is 10.1. The van der Waals surface area contributed by atoms with Crippen molar-refractivity contribution < 1.29 is 9.53 Å². The van der Waals surface area contributed by atoms with Gasteiger partial charge in [0.05, 0.1) is 12.3 Å². The lowest BCUT2D eigenvalue weighted by Crippen LogP contribution is -2.32. The molecule has 1 heterocycles. The van der Waals surface area contributed by atoms with Crippen molar-refractivity contribution in [2.45, 2.75) is 13.8 Å². The van der Waals surface area contributed by atoms with Gasteiger partial charge in [0.25, 0.3) is 5.91 Å². The number of aryl methyl sites for hydroxylation is 1. The van der Waals surface area contributed by atoms with Crippen LogP contribution in [-0.2, 0) is 4.79 Å². The van der Waals surface area contributed by atoms with E-state index in [0.717, 1.165) is 32.6 Å². The minimum Gasteiger partial charge on any atom is -0.494 e. The van der Waals surface area contributed by atoms with Crippen molar-refractivity contribution in [2.75, 3.05) is 11.5 Å². The van der Waals surface area contributed by atoms with Gasteiger partial charge in [-0.3, -0.25) is 9.69 Å². The first-order valence-electron chi connectivity index (χ1n) is 9.75. The summed E-state index contributed by atoms with van der Waals surface area (Å²) >= 11 is 3.46. The fourth-order valence-corrected chi connectivity index (χ4v) is 3.49. The monoisotopic (exact) mass is 460 g/mol. The summed E-state index contributed by atoms with van der Waals surface area (Å²) < 4.78 is 6.47. The molecule has 0 bridgehead atoms. The quantitative estimate of drug-likeness (QED) is 0.438. The Morgan fingerprint density at radius 1 is 0.967 bits per heavy atom. The van der Waals surface area contributed by atoms with Gasteiger partial charge in [0.2, 0.25) is 0 Å². The van der Waals surface area contributed by atoms with E-state index in [1.807, 2.05) is 92.7 Å². The highest BCUT2D eigenvalue weighted by atomic mass is 79.9. The third-order valence-electron chi connectivity index (χ3n) is 4.75. The molecule has 1 amide bonds. The van der Waals surface area contributed by atoms with Crippen molar-refractivity contribution in [3.05, 3.63) is 99.7 Å². The molecule has 3 aromatic rings. The number of carbonyl (C=O) groups is 1. The normalized spacial score (nSPS) is 14.9. The summed E-state index contributed by atoms with van der Waals surface area (Å²) in [5, 5.41) is 0. The molecule has 1 aliphatic rings. The molecule has 4 rings (SSSR count). The molecule has 0 aliphatic carbocycles. The average molecular weight is 461 g/mol. The molecule has 150 valence electrons. The number of aliphatic imine (C=N–C) groups is 1. The van der Waals surface area contributed by atoms with Gasteiger partial charge >= 0.3 is 0 Å². The van der Waals surface area contributed by atoms with Gasteiger partial charge in [0.1, 0.15) is 17.3 Å². The molecule has 0 N–H and O–H groups in total. The van der Waals surface area contributed by atoms with E-state index in [1.165, 1.54) is 0 Å². The van der Waals surface area contributed by atoms with E-state index in [1.54, 1.807) is 4.90 Å². The molecule has 0 spiro atoms. The standard InChI is InChI=1S/C25H21BrN2O2/c1-3-30-22-14-6-18(7-15-22)16-23-25(29)28(21-12-4-17(2)5-13-21)24(27-23)19-8-10-20(26)11-9-19/h4-16H,3H2,1-2H3/b23-16+. The largest absolute Gasteiger partial charge is 0.494 e. The van der Waals surface area contributed by atoms with E-state index in [9.17, 15) is 4.79 Å². The van der Waals surface area contributed by atoms with Crippen LogP contribution in [0.4, 0.5) is 5.69 Å². The topological polar surface area (TPSA) is 41.9 Å². The van der Waals surface area contributed by atoms with Crippen molar-refractivity contribution in [3.8, 4) is 5.75 Å². The highest BCUT2D eigenvalue weighted by molar-refractivity contribution is 9.10. The van der Waals surface area contributed by atoms with Crippen molar-refractivity contribution in [3.63, 3.8) is 0 Å². The van der Waals surface area contributed by atoms with Crippen molar-refractivity contribution in [1.82, 2.24) is 0 Å². The third kappa shape index (κ3) is 4.21. The van der Waals surface area contributed by atoms with Crippen LogP contribution >= 0.6 is 15.9 Å². The molecule has 3 aromatic carbocycles. The number of hydrogen-bond acceptors (Lipinski definition) is 3. The third-order valence-corrected chi connectivity index (χ3v) is 5.28. The number of halogens is 1. The van der Waals surface area contributed by atoms with Gasteiger partial charge in [-0.1, -0.05) is 57.9 Å². The second-order valence-electron chi connectivity index (χ2n) is 6.95. The van der Waals surface area contributed by atoms with Crippen LogP contribution in [0.3, 0.4) is 0 Å². The lowest BCUT2D eigenvalue weighted by molar-refractivity contribution is -0.113. The SMILES string of the molecule is CCOc1ccc(/C=C2/N=C(c3ccc(Br)cc3)N(c3ccc(C)cc3)C2=O)cc1. The first-order valence-corrected chi connectivity index (χ1v) is 10.5. The summed E-state index contributed by atoms with van der Waals surface area (Å²) in [6.45, 7) is 4.59. The van der Waals surface area contributed by atoms with Gasteiger partial charge in [-0.25, -0.2) is 4.99 Å². The number of ether oxygens (including phenoxy) is 1. The van der Waals surface area contributed by atoms with E-state index in [0.29, 0.717) is 18.1 Å². The van der Waals surface area contributed by atoms with Crippen LogP contribution in [0.5, 0.6) is 5.75 Å². The molecule has 0 radical (unpaired) electrons. The average Bonchev–Trinajstić information content (AvgIpc) is 3.07. The van der Waals surface area contributed by atoms with Crippen molar-refractivity contribution in [2.24, 2.45) is 4.99 Å². The first kappa shape index (κ1) is 20.1. The summed E-state index contributed by atoms with van der Waals surface area (Å²) in [5.74, 6) is 1.27. The molecular formula is C25H21BrN2O2. The predicted octanol–water partition coefficient (Wildman–Crippen LogP) is 5.99. The zero-order valence-electron chi connectivity index (χ0n) is 16.8. The fraction of sp³-hybridized carbons (Fsp3) is 0.120. The molecule has 0 saturated heterocycles. The number of amides is 1. The van der Waals surface area contributed by atoms with E-state index in [-0.39, 0.29) is 5.91 Å². The zero-order valence-corrected chi connectivity index (χ0v) is 18.4. The van der Waals surface area contributed by atoms with Gasteiger partial charge in [-0.05, 0) is 61.9 Å². The second-order valence-corrected chi connectivity index (χ2v) is 7.87. The van der Waals surface area contributed by atoms with Crippen LogP contribution in [0.1, 0.15) is 23.6 Å². The molecule has 0 saturated carbocycles. The summed E-state index contributed by atoms with van der Waals surface area (Å²) in [7, 11) is 0. The number of nitrogens with zero attached hydrogens (tertiary/aromatic N) is 2. The molecule has 30 heavy (non-hydrogen) atoms. The van der Waals surface area contributed by atoms with Gasteiger partial charge < -0.3 is 4.74 Å². The molecule has 5 heteroatoms. The van der Waals surface area contributed by atoms with Gasteiger partial charge in [-0.2, -0.15) is 0 Å². The Hall–Kier alpha value is -3.18. The maximum absolute atomic E-state index is 13.3. The van der Waals surface area contributed by atoms with E-state index < -0.39 is 0 Å². The molecule has 1 aliphatic heterocycles. The Balaban J connectivity index is 1.75. The molecule has 0 atom stereocenters. The molecule has 0 aromatic heterocycles. The predicted molar refractivity (Wildman–Crippen MR) is 125 cm³/mol. The lowest BCUT2D eigenvalue weighted by Gasteiger charge is -2.18. The van der Waals surface area contributed by atoms with E-state index in [2.05, 4.69) is 15.9 Å². The Morgan fingerprint density at radius 3 is 2.27 bits per heavy atom. The number of benzene rings is 3. The summed E-state index contributed by atoms with van der Waals surface area (Å²) in [6, 6.07) is 23.3. The molecule has 4 nitrogen and oxygen atoms in total. The number of rotatable bonds is 5. The minimum absolute atomic E-state index is 0.148. The van der Waals surface area contributed by atoms with Crippen LogP contribution < -0.4 is 9.64 Å². The minimum atomic E-state index is -0.148. The second kappa shape index (κ2) is 8.67. The van der Waals surface area contributed by atoms with E-state index in [4.69, 9.17) is 9.73 Å². The number of hydrogen-bond donors (Lipinski definition) is 0. The Morgan fingerprint density at radius 2 is 1.63 bits per heavy atom.